The molecule has 7 heteroatoms. The van der Waals surface area contributed by atoms with E-state index < -0.39 is 17.4 Å². The van der Waals surface area contributed by atoms with Crippen LogP contribution in [0.1, 0.15) is 18.4 Å². The lowest BCUT2D eigenvalue weighted by Crippen LogP contribution is -2.54. The fraction of sp³-hybridized carbons (Fsp3) is 0.348. The summed E-state index contributed by atoms with van der Waals surface area (Å²) >= 11 is 0. The number of carbonyl (C=O) groups is 3. The first kappa shape index (κ1) is 17.7. The van der Waals surface area contributed by atoms with Crippen molar-refractivity contribution in [3.05, 3.63) is 54.1 Å². The molecule has 0 unspecified atom stereocenters. The zero-order chi connectivity index (χ0) is 20.6. The number of ether oxygens (including phenoxy) is 1. The van der Waals surface area contributed by atoms with Gasteiger partial charge in [-0.3, -0.25) is 19.3 Å². The fourth-order valence-corrected chi connectivity index (χ4v) is 6.14. The van der Waals surface area contributed by atoms with Crippen LogP contribution in [0.5, 0.6) is 5.75 Å². The average molecular weight is 403 g/mol. The van der Waals surface area contributed by atoms with Gasteiger partial charge in [-0.15, -0.1) is 0 Å². The molecule has 6 rings (SSSR count). The number of hydrogen-bond donors (Lipinski definition) is 1. The molecule has 4 aliphatic heterocycles. The zero-order valence-electron chi connectivity index (χ0n) is 16.5. The molecule has 0 aliphatic carbocycles. The molecule has 3 fully saturated rings. The molecule has 0 saturated carbocycles. The van der Waals surface area contributed by atoms with Gasteiger partial charge in [0.2, 0.25) is 17.7 Å². The highest BCUT2D eigenvalue weighted by molar-refractivity contribution is 6.25. The van der Waals surface area contributed by atoms with E-state index in [9.17, 15) is 14.4 Å². The monoisotopic (exact) mass is 403 g/mol. The van der Waals surface area contributed by atoms with Crippen LogP contribution < -0.4 is 15.0 Å². The van der Waals surface area contributed by atoms with Crippen molar-refractivity contribution in [3.8, 4) is 5.75 Å². The number of anilines is 2. The molecule has 1 spiro atoms. The van der Waals surface area contributed by atoms with E-state index in [1.54, 1.807) is 25.3 Å². The highest BCUT2D eigenvalue weighted by Crippen LogP contribution is 2.61. The number of fused-ring (bicyclic) bond motifs is 7. The lowest BCUT2D eigenvalue weighted by Gasteiger charge is -2.36. The average Bonchev–Trinajstić information content (AvgIpc) is 3.46. The standard InChI is InChI=1S/C23H21N3O4/c1-30-14-9-10-16-15(12-14)23(22(29)24-16)19-18(17-8-5-11-25(17)23)20(27)26(21(19)28)13-6-3-2-4-7-13/h2-4,6-7,9-10,12,17-19H,5,8,11H2,1H3,(H,24,29)/t17-,18+,19-,23+/m0/s1. The molecule has 152 valence electrons. The highest BCUT2D eigenvalue weighted by Gasteiger charge is 2.74. The molecule has 3 amide bonds. The molecule has 3 saturated heterocycles. The van der Waals surface area contributed by atoms with Gasteiger partial charge < -0.3 is 10.1 Å². The van der Waals surface area contributed by atoms with Gasteiger partial charge in [-0.2, -0.15) is 0 Å². The Morgan fingerprint density at radius 2 is 1.87 bits per heavy atom. The van der Waals surface area contributed by atoms with E-state index >= 15 is 0 Å². The van der Waals surface area contributed by atoms with Gasteiger partial charge >= 0.3 is 0 Å². The van der Waals surface area contributed by atoms with E-state index in [1.165, 1.54) is 4.90 Å². The molecule has 4 heterocycles. The first-order valence-electron chi connectivity index (χ1n) is 10.3. The minimum absolute atomic E-state index is 0.122. The third-order valence-corrected chi connectivity index (χ3v) is 7.21. The lowest BCUT2D eigenvalue weighted by atomic mass is 9.75. The number of nitrogens with zero attached hydrogens (tertiary/aromatic N) is 2. The number of rotatable bonds is 2. The van der Waals surface area contributed by atoms with Gasteiger partial charge in [-0.1, -0.05) is 18.2 Å². The highest BCUT2D eigenvalue weighted by atomic mass is 16.5. The first-order chi connectivity index (χ1) is 14.6. The molecule has 7 nitrogen and oxygen atoms in total. The topological polar surface area (TPSA) is 79.0 Å². The number of benzene rings is 2. The van der Waals surface area contributed by atoms with E-state index in [-0.39, 0.29) is 23.8 Å². The van der Waals surface area contributed by atoms with E-state index in [2.05, 4.69) is 10.2 Å². The fourth-order valence-electron chi connectivity index (χ4n) is 6.14. The van der Waals surface area contributed by atoms with Crippen LogP contribution >= 0.6 is 0 Å². The summed E-state index contributed by atoms with van der Waals surface area (Å²) in [7, 11) is 1.58. The normalized spacial score (nSPS) is 31.8. The predicted molar refractivity (Wildman–Crippen MR) is 109 cm³/mol. The van der Waals surface area contributed by atoms with Crippen LogP contribution in [-0.4, -0.2) is 42.3 Å². The van der Waals surface area contributed by atoms with Crippen molar-refractivity contribution < 1.29 is 19.1 Å². The van der Waals surface area contributed by atoms with Crippen LogP contribution in [0.3, 0.4) is 0 Å². The number of para-hydroxylation sites is 1. The third kappa shape index (κ3) is 1.91. The Balaban J connectivity index is 1.57. The Bertz CT molecular complexity index is 1100. The Kier molecular flexibility index (Phi) is 3.48. The van der Waals surface area contributed by atoms with Crippen molar-refractivity contribution in [2.45, 2.75) is 24.4 Å². The summed E-state index contributed by atoms with van der Waals surface area (Å²) in [5.41, 5.74) is 0.810. The molecule has 4 aliphatic rings. The molecule has 2 aromatic carbocycles. The van der Waals surface area contributed by atoms with Crippen LogP contribution in [0.4, 0.5) is 11.4 Å². The van der Waals surface area contributed by atoms with Gasteiger partial charge in [-0.25, -0.2) is 4.90 Å². The first-order valence-corrected chi connectivity index (χ1v) is 10.3. The smallest absolute Gasteiger partial charge is 0.250 e. The van der Waals surface area contributed by atoms with E-state index in [0.717, 1.165) is 18.4 Å². The maximum Gasteiger partial charge on any atom is 0.250 e. The molecule has 0 radical (unpaired) electrons. The third-order valence-electron chi connectivity index (χ3n) is 7.21. The van der Waals surface area contributed by atoms with Crippen molar-refractivity contribution in [1.82, 2.24) is 4.90 Å². The lowest BCUT2D eigenvalue weighted by molar-refractivity contribution is -0.135. The predicted octanol–water partition coefficient (Wildman–Crippen LogP) is 2.13. The summed E-state index contributed by atoms with van der Waals surface area (Å²) in [4.78, 5) is 44.3. The van der Waals surface area contributed by atoms with E-state index in [4.69, 9.17) is 4.74 Å². The van der Waals surface area contributed by atoms with E-state index in [0.29, 0.717) is 23.7 Å². The largest absolute Gasteiger partial charge is 0.497 e. The number of methoxy groups -OCH3 is 1. The minimum atomic E-state index is -1.17. The molecular weight excluding hydrogens is 382 g/mol. The number of nitrogens with one attached hydrogen (secondary N) is 1. The van der Waals surface area contributed by atoms with Gasteiger partial charge in [0.1, 0.15) is 11.3 Å². The number of amides is 3. The quantitative estimate of drug-likeness (QED) is 0.778. The number of hydrogen-bond acceptors (Lipinski definition) is 5. The molecule has 2 aromatic rings. The summed E-state index contributed by atoms with van der Waals surface area (Å²) in [6.07, 6.45) is 1.70. The van der Waals surface area contributed by atoms with Crippen LogP contribution in [-0.2, 0) is 19.9 Å². The number of carbonyl (C=O) groups excluding carboxylic acids is 3. The van der Waals surface area contributed by atoms with Gasteiger partial charge in [0.25, 0.3) is 0 Å². The second kappa shape index (κ2) is 5.92. The van der Waals surface area contributed by atoms with Crippen molar-refractivity contribution in [2.75, 3.05) is 23.9 Å². The molecule has 0 aromatic heterocycles. The molecule has 30 heavy (non-hydrogen) atoms. The van der Waals surface area contributed by atoms with Gasteiger partial charge in [0.05, 0.1) is 24.6 Å². The minimum Gasteiger partial charge on any atom is -0.497 e. The van der Waals surface area contributed by atoms with Gasteiger partial charge in [0.15, 0.2) is 0 Å². The summed E-state index contributed by atoms with van der Waals surface area (Å²) in [5.74, 6) is -1.36. The molecule has 1 N–H and O–H groups in total. The summed E-state index contributed by atoms with van der Waals surface area (Å²) in [6, 6.07) is 14.3. The van der Waals surface area contributed by atoms with Gasteiger partial charge in [-0.05, 0) is 49.7 Å². The van der Waals surface area contributed by atoms with Crippen LogP contribution in [0.25, 0.3) is 0 Å². The SMILES string of the molecule is COc1ccc2c(c1)[C@]1(C(=O)N2)[C@@H]2C(=O)N(c3ccccc3)C(=O)[C@@H]2[C@@H]2CCCN21. The second-order valence-corrected chi connectivity index (χ2v) is 8.39. The maximum atomic E-state index is 13.8. The Labute approximate surface area is 173 Å². The Morgan fingerprint density at radius 1 is 1.07 bits per heavy atom. The Morgan fingerprint density at radius 3 is 2.63 bits per heavy atom. The summed E-state index contributed by atoms with van der Waals surface area (Å²) in [5, 5.41) is 2.98. The summed E-state index contributed by atoms with van der Waals surface area (Å²) < 4.78 is 5.42. The zero-order valence-corrected chi connectivity index (χ0v) is 16.5. The van der Waals surface area contributed by atoms with E-state index in [1.807, 2.05) is 30.3 Å². The van der Waals surface area contributed by atoms with Crippen LogP contribution in [0.15, 0.2) is 48.5 Å². The summed E-state index contributed by atoms with van der Waals surface area (Å²) in [6.45, 7) is 0.688. The maximum absolute atomic E-state index is 13.8. The van der Waals surface area contributed by atoms with Crippen molar-refractivity contribution in [2.24, 2.45) is 11.8 Å². The Hall–Kier alpha value is -3.19. The van der Waals surface area contributed by atoms with Crippen molar-refractivity contribution >= 4 is 29.1 Å². The molecule has 0 bridgehead atoms. The van der Waals surface area contributed by atoms with Crippen molar-refractivity contribution in [1.29, 1.82) is 0 Å². The molecule has 4 atom stereocenters. The second-order valence-electron chi connectivity index (χ2n) is 8.39. The number of imide groups is 1. The molecular formula is C23H21N3O4. The van der Waals surface area contributed by atoms with Gasteiger partial charge in [0, 0.05) is 17.3 Å². The van der Waals surface area contributed by atoms with Crippen LogP contribution in [0, 0.1) is 11.8 Å². The van der Waals surface area contributed by atoms with Crippen molar-refractivity contribution in [3.63, 3.8) is 0 Å². The van der Waals surface area contributed by atoms with Crippen LogP contribution in [0.2, 0.25) is 0 Å².